The van der Waals surface area contributed by atoms with Gasteiger partial charge in [0.2, 0.25) is 0 Å². The first-order valence-corrected chi connectivity index (χ1v) is 8.57. The van der Waals surface area contributed by atoms with Gasteiger partial charge in [0.15, 0.2) is 0 Å². The predicted octanol–water partition coefficient (Wildman–Crippen LogP) is 2.81. The third-order valence-electron chi connectivity index (χ3n) is 3.61. The summed E-state index contributed by atoms with van der Waals surface area (Å²) in [5.74, 6) is -1.83. The fourth-order valence-electron chi connectivity index (χ4n) is 2.24. The van der Waals surface area contributed by atoms with Crippen molar-refractivity contribution in [3.63, 3.8) is 0 Å². The van der Waals surface area contributed by atoms with Crippen LogP contribution in [0.3, 0.4) is 0 Å². The monoisotopic (exact) mass is 341 g/mol. The van der Waals surface area contributed by atoms with Crippen LogP contribution in [0.1, 0.15) is 39.0 Å². The van der Waals surface area contributed by atoms with Gasteiger partial charge >= 0.3 is 11.9 Å². The summed E-state index contributed by atoms with van der Waals surface area (Å²) < 4.78 is 6.59. The lowest BCUT2D eigenvalue weighted by atomic mass is 10.2. The number of esters is 1. The molecular weight excluding hydrogens is 318 g/mol. The maximum Gasteiger partial charge on any atom is 0.399 e. The normalized spacial score (nSPS) is 11.3. The van der Waals surface area contributed by atoms with Crippen molar-refractivity contribution < 1.29 is 14.3 Å². The highest BCUT2D eigenvalue weighted by Crippen LogP contribution is 2.03. The van der Waals surface area contributed by atoms with E-state index in [-0.39, 0.29) is 6.61 Å². The zero-order valence-corrected chi connectivity index (χ0v) is 14.4. The lowest BCUT2D eigenvalue weighted by molar-refractivity contribution is -0.153. The Bertz CT molecular complexity index is 734. The van der Waals surface area contributed by atoms with Gasteiger partial charge < -0.3 is 4.74 Å². The molecule has 0 N–H and O–H groups in total. The van der Waals surface area contributed by atoms with Crippen molar-refractivity contribution in [3.8, 4) is 5.69 Å². The molecule has 0 aliphatic rings. The number of rotatable bonds is 7. The minimum atomic E-state index is -0.921. The largest absolute Gasteiger partial charge is 0.458 e. The molecule has 0 saturated heterocycles. The third-order valence-corrected chi connectivity index (χ3v) is 3.61. The van der Waals surface area contributed by atoms with Crippen LogP contribution in [0.25, 0.3) is 5.69 Å². The van der Waals surface area contributed by atoms with E-state index in [1.165, 1.54) is 12.6 Å². The van der Waals surface area contributed by atoms with E-state index in [0.717, 1.165) is 31.4 Å². The fraction of sp³-hybridized carbons (Fsp3) is 0.368. The van der Waals surface area contributed by atoms with Crippen LogP contribution in [0.15, 0.2) is 53.8 Å². The van der Waals surface area contributed by atoms with Crippen molar-refractivity contribution in [1.29, 1.82) is 0 Å². The van der Waals surface area contributed by atoms with Gasteiger partial charge in [0.1, 0.15) is 0 Å². The number of benzene rings is 1. The topological polar surface area (TPSA) is 73.6 Å². The molecule has 0 saturated carbocycles. The lowest BCUT2D eigenvalue weighted by Gasteiger charge is -2.03. The number of carbonyl (C=O) groups is 2. The summed E-state index contributed by atoms with van der Waals surface area (Å²) >= 11 is 0. The maximum atomic E-state index is 11.8. The Kier molecular flexibility index (Phi) is 7.56. The van der Waals surface area contributed by atoms with Gasteiger partial charge in [-0.2, -0.15) is 5.10 Å². The Morgan fingerprint density at radius 3 is 2.52 bits per heavy atom. The van der Waals surface area contributed by atoms with E-state index in [0.29, 0.717) is 5.36 Å². The molecule has 0 bridgehead atoms. The molecule has 2 rings (SSSR count). The van der Waals surface area contributed by atoms with E-state index >= 15 is 0 Å². The van der Waals surface area contributed by atoms with Crippen molar-refractivity contribution in [2.75, 3.05) is 6.61 Å². The van der Waals surface area contributed by atoms with E-state index < -0.39 is 11.9 Å². The summed E-state index contributed by atoms with van der Waals surface area (Å²) in [5.41, 5.74) is 0.892. The van der Waals surface area contributed by atoms with E-state index in [4.69, 9.17) is 4.74 Å². The molecule has 132 valence electrons. The summed E-state index contributed by atoms with van der Waals surface area (Å²) in [6, 6.07) is 11.2. The van der Waals surface area contributed by atoms with Crippen molar-refractivity contribution in [3.05, 3.63) is 54.1 Å². The molecule has 1 aromatic heterocycles. The van der Waals surface area contributed by atoms with E-state index in [2.05, 4.69) is 17.0 Å². The van der Waals surface area contributed by atoms with Crippen LogP contribution in [0, 0.1) is 0 Å². The van der Waals surface area contributed by atoms with Crippen LogP contribution < -0.4 is 5.36 Å². The zero-order valence-electron chi connectivity index (χ0n) is 14.4. The second-order valence-corrected chi connectivity index (χ2v) is 5.63. The average molecular weight is 341 g/mol. The highest BCUT2D eigenvalue weighted by atomic mass is 16.5. The van der Waals surface area contributed by atoms with E-state index in [1.54, 1.807) is 16.9 Å². The number of aromatic nitrogens is 2. The molecule has 25 heavy (non-hydrogen) atoms. The second-order valence-electron chi connectivity index (χ2n) is 5.63. The fourth-order valence-corrected chi connectivity index (χ4v) is 2.24. The highest BCUT2D eigenvalue weighted by Gasteiger charge is 2.13. The van der Waals surface area contributed by atoms with Crippen LogP contribution in [-0.4, -0.2) is 28.3 Å². The quantitative estimate of drug-likeness (QED) is 0.441. The first-order valence-electron chi connectivity index (χ1n) is 8.57. The molecule has 0 spiro atoms. The molecule has 6 heteroatoms. The van der Waals surface area contributed by atoms with Crippen LogP contribution in [0.2, 0.25) is 0 Å². The third kappa shape index (κ3) is 6.33. The van der Waals surface area contributed by atoms with Gasteiger partial charge in [0, 0.05) is 6.20 Å². The summed E-state index contributed by atoms with van der Waals surface area (Å²) in [7, 11) is 0. The smallest absolute Gasteiger partial charge is 0.399 e. The summed E-state index contributed by atoms with van der Waals surface area (Å²) in [4.78, 5) is 27.1. The molecule has 1 aromatic carbocycles. The number of hydrogen-bond acceptors (Lipinski definition) is 4. The standard InChI is InChI=1S/C19H23N3O3/c1-2-3-4-5-9-14-25-19(24)18(23)21-16-12-13-22(20-15-16)17-10-7-6-8-11-17/h6-8,10-13,15H,2-5,9,14H2,1H3. The molecule has 0 atom stereocenters. The average Bonchev–Trinajstić information content (AvgIpc) is 2.65. The predicted molar refractivity (Wildman–Crippen MR) is 93.9 cm³/mol. The number of unbranched alkanes of at least 4 members (excludes halogenated alkanes) is 4. The first-order chi connectivity index (χ1) is 12.2. The van der Waals surface area contributed by atoms with Gasteiger partial charge in [-0.05, 0) is 24.6 Å². The number of amides is 1. The number of nitrogens with zero attached hydrogens (tertiary/aromatic N) is 3. The Hall–Kier alpha value is -2.76. The van der Waals surface area contributed by atoms with Crippen LogP contribution in [-0.2, 0) is 14.3 Å². The Balaban J connectivity index is 1.86. The van der Waals surface area contributed by atoms with Crippen molar-refractivity contribution in [1.82, 2.24) is 9.78 Å². The van der Waals surface area contributed by atoms with Crippen molar-refractivity contribution >= 4 is 11.9 Å². The van der Waals surface area contributed by atoms with Crippen molar-refractivity contribution in [2.45, 2.75) is 39.0 Å². The van der Waals surface area contributed by atoms with Gasteiger partial charge in [-0.25, -0.2) is 14.5 Å². The van der Waals surface area contributed by atoms with Crippen molar-refractivity contribution in [2.24, 2.45) is 4.99 Å². The first kappa shape index (κ1) is 18.6. The van der Waals surface area contributed by atoms with Gasteiger partial charge in [0.25, 0.3) is 0 Å². The molecule has 0 unspecified atom stereocenters. The molecule has 6 nitrogen and oxygen atoms in total. The SMILES string of the molecule is CCCCCCCOC(=O)C(=O)N=c1ccn(-c2ccccc2)nc1. The molecule has 0 radical (unpaired) electrons. The van der Waals surface area contributed by atoms with E-state index in [9.17, 15) is 9.59 Å². The molecule has 0 aliphatic carbocycles. The molecule has 0 fully saturated rings. The molecule has 2 aromatic rings. The highest BCUT2D eigenvalue weighted by molar-refractivity contribution is 6.32. The minimum absolute atomic E-state index is 0.255. The van der Waals surface area contributed by atoms with Crippen LogP contribution in [0.5, 0.6) is 0 Å². The number of ether oxygens (including phenoxy) is 1. The summed E-state index contributed by atoms with van der Waals surface area (Å²) in [6.07, 6.45) is 8.32. The Morgan fingerprint density at radius 2 is 1.84 bits per heavy atom. The molecule has 0 aliphatic heterocycles. The maximum absolute atomic E-state index is 11.8. The molecular formula is C19H23N3O3. The summed E-state index contributed by atoms with van der Waals surface area (Å²) in [5, 5.41) is 4.50. The molecule has 1 amide bonds. The Morgan fingerprint density at radius 1 is 1.08 bits per heavy atom. The minimum Gasteiger partial charge on any atom is -0.458 e. The lowest BCUT2D eigenvalue weighted by Crippen LogP contribution is -2.19. The number of para-hydroxylation sites is 1. The number of carbonyl (C=O) groups excluding carboxylic acids is 2. The van der Waals surface area contributed by atoms with Gasteiger partial charge in [-0.15, -0.1) is 0 Å². The van der Waals surface area contributed by atoms with E-state index in [1.807, 2.05) is 30.3 Å². The Labute approximate surface area is 147 Å². The van der Waals surface area contributed by atoms with Crippen LogP contribution in [0.4, 0.5) is 0 Å². The second kappa shape index (κ2) is 10.2. The number of hydrogen-bond donors (Lipinski definition) is 0. The van der Waals surface area contributed by atoms with Gasteiger partial charge in [-0.1, -0.05) is 50.8 Å². The molecule has 1 heterocycles. The zero-order chi connectivity index (χ0) is 17.9. The van der Waals surface area contributed by atoms with Crippen LogP contribution >= 0.6 is 0 Å². The van der Waals surface area contributed by atoms with Gasteiger partial charge in [0.05, 0.1) is 23.8 Å². The van der Waals surface area contributed by atoms with Gasteiger partial charge in [-0.3, -0.25) is 4.79 Å². The summed E-state index contributed by atoms with van der Waals surface area (Å²) in [6.45, 7) is 2.39.